The normalized spacial score (nSPS) is 10.1. The van der Waals surface area contributed by atoms with E-state index >= 15 is 0 Å². The molecule has 0 aliphatic carbocycles. The Balaban J connectivity index is 2.35. The summed E-state index contributed by atoms with van der Waals surface area (Å²) >= 11 is 3.09. The molecule has 0 atom stereocenters. The van der Waals surface area contributed by atoms with Crippen molar-refractivity contribution in [3.05, 3.63) is 61.1 Å². The Morgan fingerprint density at radius 2 is 1.71 bits per heavy atom. The van der Waals surface area contributed by atoms with Crippen LogP contribution in [0.4, 0.5) is 17.1 Å². The van der Waals surface area contributed by atoms with Gasteiger partial charge in [-0.05, 0) is 28.1 Å². The first-order chi connectivity index (χ1) is 9.90. The maximum Gasteiger partial charge on any atom is 0.292 e. The van der Waals surface area contributed by atoms with Crippen LogP contribution in [0.5, 0.6) is 11.5 Å². The zero-order valence-electron chi connectivity index (χ0n) is 10.4. The molecule has 2 aromatic carbocycles. The van der Waals surface area contributed by atoms with Crippen LogP contribution in [0.25, 0.3) is 0 Å². The summed E-state index contributed by atoms with van der Waals surface area (Å²) in [6, 6.07) is 8.15. The van der Waals surface area contributed by atoms with E-state index < -0.39 is 9.85 Å². The maximum absolute atomic E-state index is 10.8. The molecule has 0 bridgehead atoms. The van der Waals surface area contributed by atoms with Crippen molar-refractivity contribution in [2.45, 2.75) is 0 Å². The monoisotopic (exact) mass is 353 g/mol. The maximum atomic E-state index is 10.8. The largest absolute Gasteiger partial charge is 0.456 e. The van der Waals surface area contributed by atoms with Crippen LogP contribution in [0.3, 0.4) is 0 Å². The molecular weight excluding hydrogens is 346 g/mol. The zero-order valence-corrected chi connectivity index (χ0v) is 11.9. The molecule has 8 nitrogen and oxygen atoms in total. The molecule has 0 saturated carbocycles. The number of anilines is 1. The molecule has 0 saturated heterocycles. The van der Waals surface area contributed by atoms with Gasteiger partial charge in [0.2, 0.25) is 0 Å². The second kappa shape index (κ2) is 5.75. The minimum absolute atomic E-state index is 0.0564. The van der Waals surface area contributed by atoms with E-state index in [1.54, 1.807) is 0 Å². The summed E-state index contributed by atoms with van der Waals surface area (Å²) in [5, 5.41) is 21.5. The fourth-order valence-electron chi connectivity index (χ4n) is 1.61. The number of halogens is 1. The second-order valence-electron chi connectivity index (χ2n) is 3.93. The van der Waals surface area contributed by atoms with E-state index in [1.165, 1.54) is 36.4 Å². The zero-order chi connectivity index (χ0) is 15.6. The molecule has 108 valence electrons. The molecule has 2 N–H and O–H groups in total. The number of ether oxygens (including phenoxy) is 1. The Hall–Kier alpha value is -2.68. The molecule has 0 radical (unpaired) electrons. The van der Waals surface area contributed by atoms with Gasteiger partial charge < -0.3 is 10.5 Å². The van der Waals surface area contributed by atoms with Crippen molar-refractivity contribution < 1.29 is 14.6 Å². The summed E-state index contributed by atoms with van der Waals surface area (Å²) in [4.78, 5) is 20.3. The van der Waals surface area contributed by atoms with Crippen molar-refractivity contribution in [3.63, 3.8) is 0 Å². The number of nitrogen functional groups attached to an aromatic ring is 1. The summed E-state index contributed by atoms with van der Waals surface area (Å²) in [7, 11) is 0. The summed E-state index contributed by atoms with van der Waals surface area (Å²) in [5.41, 5.74) is 5.11. The number of rotatable bonds is 4. The molecule has 0 amide bonds. The fraction of sp³-hybridized carbons (Fsp3) is 0. The molecule has 2 aromatic rings. The first kappa shape index (κ1) is 14.7. The van der Waals surface area contributed by atoms with E-state index in [9.17, 15) is 20.2 Å². The SMILES string of the molecule is Nc1cc(Oc2cccc([N+](=O)[O-])c2Br)ccc1[N+](=O)[O-]. The summed E-state index contributed by atoms with van der Waals surface area (Å²) < 4.78 is 5.63. The van der Waals surface area contributed by atoms with Crippen molar-refractivity contribution in [1.29, 1.82) is 0 Å². The van der Waals surface area contributed by atoms with Crippen LogP contribution in [0.15, 0.2) is 40.9 Å². The Labute approximate surface area is 126 Å². The highest BCUT2D eigenvalue weighted by Crippen LogP contribution is 2.37. The number of nitrogens with zero attached hydrogens (tertiary/aromatic N) is 2. The molecule has 9 heteroatoms. The predicted molar refractivity (Wildman–Crippen MR) is 78.4 cm³/mol. The van der Waals surface area contributed by atoms with Gasteiger partial charge in [0.05, 0.1) is 9.85 Å². The van der Waals surface area contributed by atoms with Crippen LogP contribution in [0, 0.1) is 20.2 Å². The number of nitro benzene ring substituents is 2. The van der Waals surface area contributed by atoms with Gasteiger partial charge in [0.25, 0.3) is 11.4 Å². The van der Waals surface area contributed by atoms with Gasteiger partial charge >= 0.3 is 0 Å². The van der Waals surface area contributed by atoms with Crippen LogP contribution in [0.1, 0.15) is 0 Å². The van der Waals surface area contributed by atoms with Crippen molar-refractivity contribution in [1.82, 2.24) is 0 Å². The van der Waals surface area contributed by atoms with E-state index in [0.717, 1.165) is 0 Å². The first-order valence-corrected chi connectivity index (χ1v) is 6.34. The molecule has 0 fully saturated rings. The van der Waals surface area contributed by atoms with Gasteiger partial charge in [-0.15, -0.1) is 0 Å². The lowest BCUT2D eigenvalue weighted by atomic mass is 10.2. The topological polar surface area (TPSA) is 122 Å². The van der Waals surface area contributed by atoms with Gasteiger partial charge in [-0.2, -0.15) is 0 Å². The Bertz CT molecular complexity index is 735. The molecule has 0 aliphatic heterocycles. The molecule has 0 spiro atoms. The molecule has 21 heavy (non-hydrogen) atoms. The number of hydrogen-bond acceptors (Lipinski definition) is 6. The Morgan fingerprint density at radius 1 is 1.05 bits per heavy atom. The lowest BCUT2D eigenvalue weighted by Crippen LogP contribution is -1.96. The Kier molecular flexibility index (Phi) is 4.03. The van der Waals surface area contributed by atoms with E-state index in [1.807, 2.05) is 0 Å². The van der Waals surface area contributed by atoms with Gasteiger partial charge in [-0.25, -0.2) is 0 Å². The summed E-state index contributed by atoms with van der Waals surface area (Å²) in [6.45, 7) is 0. The smallest absolute Gasteiger partial charge is 0.292 e. The average Bonchev–Trinajstić information content (AvgIpc) is 2.40. The molecule has 2 rings (SSSR count). The molecular formula is C12H8BrN3O5. The highest BCUT2D eigenvalue weighted by Gasteiger charge is 2.17. The van der Waals surface area contributed by atoms with Crippen LogP contribution >= 0.6 is 15.9 Å². The van der Waals surface area contributed by atoms with Crippen molar-refractivity contribution >= 4 is 33.0 Å². The number of benzene rings is 2. The predicted octanol–water partition coefficient (Wildman–Crippen LogP) is 3.64. The van der Waals surface area contributed by atoms with Gasteiger partial charge in [0.1, 0.15) is 21.7 Å². The van der Waals surface area contributed by atoms with Gasteiger partial charge in [0, 0.05) is 18.2 Å². The minimum atomic E-state index is -0.609. The van der Waals surface area contributed by atoms with Crippen molar-refractivity contribution in [2.24, 2.45) is 0 Å². The van der Waals surface area contributed by atoms with Gasteiger partial charge in [0.15, 0.2) is 0 Å². The lowest BCUT2D eigenvalue weighted by Gasteiger charge is -2.08. The van der Waals surface area contributed by atoms with Gasteiger partial charge in [-0.3, -0.25) is 20.2 Å². The van der Waals surface area contributed by atoms with Crippen molar-refractivity contribution in [3.8, 4) is 11.5 Å². The van der Waals surface area contributed by atoms with Crippen LogP contribution < -0.4 is 10.5 Å². The summed E-state index contributed by atoms with van der Waals surface area (Å²) in [5.74, 6) is 0.441. The van der Waals surface area contributed by atoms with E-state index in [4.69, 9.17) is 10.5 Å². The van der Waals surface area contributed by atoms with Crippen molar-refractivity contribution in [2.75, 3.05) is 5.73 Å². The highest BCUT2D eigenvalue weighted by molar-refractivity contribution is 9.10. The van der Waals surface area contributed by atoms with Crippen LogP contribution in [-0.4, -0.2) is 9.85 Å². The molecule has 0 aromatic heterocycles. The van der Waals surface area contributed by atoms with Crippen LogP contribution in [0.2, 0.25) is 0 Å². The van der Waals surface area contributed by atoms with E-state index in [-0.39, 0.29) is 33.0 Å². The molecule has 0 heterocycles. The molecule has 0 aliphatic rings. The third-order valence-electron chi connectivity index (χ3n) is 2.56. The molecule has 0 unspecified atom stereocenters. The average molecular weight is 354 g/mol. The summed E-state index contributed by atoms with van der Waals surface area (Å²) in [6.07, 6.45) is 0. The van der Waals surface area contributed by atoms with E-state index in [0.29, 0.717) is 0 Å². The lowest BCUT2D eigenvalue weighted by molar-refractivity contribution is -0.385. The Morgan fingerprint density at radius 3 is 2.29 bits per heavy atom. The quantitative estimate of drug-likeness (QED) is 0.508. The van der Waals surface area contributed by atoms with Gasteiger partial charge in [-0.1, -0.05) is 6.07 Å². The fourth-order valence-corrected chi connectivity index (χ4v) is 2.10. The van der Waals surface area contributed by atoms with Crippen LogP contribution in [-0.2, 0) is 0 Å². The minimum Gasteiger partial charge on any atom is -0.456 e. The number of nitro groups is 2. The first-order valence-electron chi connectivity index (χ1n) is 5.55. The number of nitrogens with two attached hydrogens (primary N) is 1. The highest BCUT2D eigenvalue weighted by atomic mass is 79.9. The third kappa shape index (κ3) is 3.08. The second-order valence-corrected chi connectivity index (χ2v) is 4.72. The third-order valence-corrected chi connectivity index (χ3v) is 3.36. The van der Waals surface area contributed by atoms with E-state index in [2.05, 4.69) is 15.9 Å². The standard InChI is InChI=1S/C12H8BrN3O5/c13-12-10(16(19)20)2-1-3-11(12)21-7-4-5-9(15(17)18)8(14)6-7/h1-6H,14H2. The number of hydrogen-bond donors (Lipinski definition) is 1.